The van der Waals surface area contributed by atoms with Gasteiger partial charge in [-0.25, -0.2) is 10.2 Å². The molecule has 2 aromatic carbocycles. The van der Waals surface area contributed by atoms with Crippen molar-refractivity contribution >= 4 is 40.1 Å². The minimum absolute atomic E-state index is 0.0222. The minimum atomic E-state index is -0.495. The number of hydrazone groups is 1. The van der Waals surface area contributed by atoms with Crippen molar-refractivity contribution < 1.29 is 4.92 Å². The number of fused-ring (bicyclic) bond motifs is 1. The van der Waals surface area contributed by atoms with E-state index in [-0.39, 0.29) is 29.3 Å². The highest BCUT2D eigenvalue weighted by molar-refractivity contribution is 6.30. The molecular weight excluding hydrogens is 462 g/mol. The molecule has 0 saturated carbocycles. The molecular formula is C22H20ClN7O4. The first-order valence-corrected chi connectivity index (χ1v) is 10.5. The Kier molecular flexibility index (Phi) is 6.03. The fourth-order valence-corrected chi connectivity index (χ4v) is 3.61. The maximum atomic E-state index is 13.0. The molecule has 0 unspecified atom stereocenters. The number of imidazole rings is 1. The fraction of sp³-hybridized carbons (Fsp3) is 0.182. The van der Waals surface area contributed by atoms with Crippen molar-refractivity contribution in [2.75, 3.05) is 5.43 Å². The Morgan fingerprint density at radius 1 is 1.09 bits per heavy atom. The Morgan fingerprint density at radius 2 is 1.74 bits per heavy atom. The van der Waals surface area contributed by atoms with E-state index in [1.807, 2.05) is 12.1 Å². The molecule has 0 aliphatic heterocycles. The molecule has 0 saturated heterocycles. The number of hydrogen-bond acceptors (Lipinski definition) is 7. The molecule has 174 valence electrons. The third kappa shape index (κ3) is 4.20. The second-order valence-electron chi connectivity index (χ2n) is 7.64. The lowest BCUT2D eigenvalue weighted by molar-refractivity contribution is -0.384. The van der Waals surface area contributed by atoms with Crippen LogP contribution in [0.3, 0.4) is 0 Å². The molecule has 0 fully saturated rings. The van der Waals surface area contributed by atoms with Crippen LogP contribution in [0.5, 0.6) is 0 Å². The van der Waals surface area contributed by atoms with E-state index in [1.54, 1.807) is 42.8 Å². The van der Waals surface area contributed by atoms with Crippen molar-refractivity contribution in [1.29, 1.82) is 0 Å². The van der Waals surface area contributed by atoms with Gasteiger partial charge in [-0.05, 0) is 42.3 Å². The average molecular weight is 482 g/mol. The number of nitrogens with zero attached hydrogens (tertiary/aromatic N) is 6. The smallest absolute Gasteiger partial charge is 0.298 e. The summed E-state index contributed by atoms with van der Waals surface area (Å²) in [6.45, 7) is 2.00. The molecule has 0 atom stereocenters. The first kappa shape index (κ1) is 22.9. The van der Waals surface area contributed by atoms with Gasteiger partial charge in [0.05, 0.1) is 17.2 Å². The van der Waals surface area contributed by atoms with Crippen LogP contribution < -0.4 is 16.7 Å². The number of halogens is 1. The topological polar surface area (TPSA) is 129 Å². The molecule has 0 bridgehead atoms. The molecule has 0 aliphatic rings. The van der Waals surface area contributed by atoms with Crippen molar-refractivity contribution in [1.82, 2.24) is 18.7 Å². The fourth-order valence-electron chi connectivity index (χ4n) is 3.48. The third-order valence-corrected chi connectivity index (χ3v) is 5.67. The number of nitrogens with one attached hydrogen (secondary N) is 1. The second-order valence-corrected chi connectivity index (χ2v) is 8.08. The molecule has 2 aromatic heterocycles. The number of aromatic nitrogens is 4. The van der Waals surface area contributed by atoms with Gasteiger partial charge in [-0.2, -0.15) is 10.1 Å². The maximum Gasteiger partial charge on any atom is 0.332 e. The summed E-state index contributed by atoms with van der Waals surface area (Å²) in [6.07, 6.45) is 0. The van der Waals surface area contributed by atoms with E-state index in [2.05, 4.69) is 15.5 Å². The van der Waals surface area contributed by atoms with E-state index < -0.39 is 16.2 Å². The Bertz CT molecular complexity index is 1550. The lowest BCUT2D eigenvalue weighted by atomic mass is 10.1. The van der Waals surface area contributed by atoms with Crippen LogP contribution in [0.25, 0.3) is 11.2 Å². The lowest BCUT2D eigenvalue weighted by Crippen LogP contribution is -2.37. The van der Waals surface area contributed by atoms with Crippen molar-refractivity contribution in [2.24, 2.45) is 19.2 Å². The van der Waals surface area contributed by atoms with E-state index in [0.717, 1.165) is 10.1 Å². The summed E-state index contributed by atoms with van der Waals surface area (Å²) < 4.78 is 3.97. The number of aryl methyl sites for hydroxylation is 1. The number of nitro groups is 1. The molecule has 34 heavy (non-hydrogen) atoms. The molecule has 11 nitrogen and oxygen atoms in total. The van der Waals surface area contributed by atoms with Gasteiger partial charge in [-0.3, -0.25) is 28.6 Å². The summed E-state index contributed by atoms with van der Waals surface area (Å²) in [7, 11) is 2.95. The predicted octanol–water partition coefficient (Wildman–Crippen LogP) is 2.88. The van der Waals surface area contributed by atoms with E-state index >= 15 is 0 Å². The summed E-state index contributed by atoms with van der Waals surface area (Å²) in [5.74, 6) is 0.254. The zero-order valence-electron chi connectivity index (χ0n) is 18.5. The highest BCUT2D eigenvalue weighted by Gasteiger charge is 2.19. The zero-order chi connectivity index (χ0) is 24.6. The normalized spacial score (nSPS) is 11.7. The highest BCUT2D eigenvalue weighted by atomic mass is 35.5. The largest absolute Gasteiger partial charge is 0.332 e. The number of benzene rings is 2. The predicted molar refractivity (Wildman–Crippen MR) is 130 cm³/mol. The zero-order valence-corrected chi connectivity index (χ0v) is 19.3. The van der Waals surface area contributed by atoms with E-state index in [9.17, 15) is 19.7 Å². The lowest BCUT2D eigenvalue weighted by Gasteiger charge is -2.10. The van der Waals surface area contributed by atoms with E-state index in [0.29, 0.717) is 16.3 Å². The monoisotopic (exact) mass is 481 g/mol. The van der Waals surface area contributed by atoms with Crippen molar-refractivity contribution in [3.8, 4) is 0 Å². The third-order valence-electron chi connectivity index (χ3n) is 5.42. The second kappa shape index (κ2) is 8.94. The Labute approximate surface area is 197 Å². The Hall–Kier alpha value is -4.25. The molecule has 0 spiro atoms. The van der Waals surface area contributed by atoms with Gasteiger partial charge >= 0.3 is 5.69 Å². The van der Waals surface area contributed by atoms with Gasteiger partial charge in [-0.15, -0.1) is 0 Å². The van der Waals surface area contributed by atoms with Crippen molar-refractivity contribution in [3.05, 3.63) is 95.6 Å². The maximum absolute atomic E-state index is 13.0. The highest BCUT2D eigenvalue weighted by Crippen LogP contribution is 2.20. The van der Waals surface area contributed by atoms with Crippen LogP contribution in [-0.2, 0) is 20.6 Å². The summed E-state index contributed by atoms with van der Waals surface area (Å²) in [4.78, 5) is 40.3. The number of nitro benzene ring substituents is 1. The van der Waals surface area contributed by atoms with Crippen LogP contribution in [0, 0.1) is 10.1 Å². The molecule has 0 radical (unpaired) electrons. The Morgan fingerprint density at radius 3 is 2.35 bits per heavy atom. The van der Waals surface area contributed by atoms with Gasteiger partial charge in [-0.1, -0.05) is 23.7 Å². The summed E-state index contributed by atoms with van der Waals surface area (Å²) in [6, 6.07) is 13.1. The first-order valence-electron chi connectivity index (χ1n) is 10.1. The van der Waals surface area contributed by atoms with Crippen LogP contribution in [0.2, 0.25) is 5.02 Å². The van der Waals surface area contributed by atoms with Crippen LogP contribution in [-0.4, -0.2) is 29.3 Å². The van der Waals surface area contributed by atoms with Gasteiger partial charge < -0.3 is 0 Å². The van der Waals surface area contributed by atoms with Gasteiger partial charge in [0.1, 0.15) is 0 Å². The molecule has 0 amide bonds. The number of non-ortho nitro benzene ring substituents is 1. The first-order chi connectivity index (χ1) is 16.2. The van der Waals surface area contributed by atoms with Gasteiger partial charge in [0, 0.05) is 31.3 Å². The summed E-state index contributed by atoms with van der Waals surface area (Å²) >= 11 is 6.00. The van der Waals surface area contributed by atoms with Gasteiger partial charge in [0.2, 0.25) is 5.95 Å². The summed E-state index contributed by atoms with van der Waals surface area (Å²) in [5, 5.41) is 15.8. The van der Waals surface area contributed by atoms with Crippen molar-refractivity contribution in [2.45, 2.75) is 13.5 Å². The molecule has 4 rings (SSSR count). The quantitative estimate of drug-likeness (QED) is 0.256. The molecule has 2 heterocycles. The minimum Gasteiger partial charge on any atom is -0.298 e. The van der Waals surface area contributed by atoms with Crippen molar-refractivity contribution in [3.63, 3.8) is 0 Å². The number of rotatable bonds is 6. The molecule has 0 aliphatic carbocycles. The molecule has 12 heteroatoms. The summed E-state index contributed by atoms with van der Waals surface area (Å²) in [5.41, 5.74) is 4.41. The van der Waals surface area contributed by atoms with Crippen LogP contribution in [0.15, 0.2) is 63.2 Å². The number of hydrogen-bond donors (Lipinski definition) is 1. The SMILES string of the molecule is C/C(=N/Nc1nc2c(c(=O)n(C)c(=O)n2C)n1Cc1ccc(Cl)cc1)c1ccc([N+](=O)[O-])cc1. The van der Waals surface area contributed by atoms with E-state index in [4.69, 9.17) is 11.6 Å². The standard InChI is InChI=1S/C22H20ClN7O4/c1-13(15-6-10-17(11-7-15)30(33)34)25-26-21-24-19-18(20(31)28(3)22(32)27(19)2)29(21)12-14-4-8-16(23)9-5-14/h4-11H,12H2,1-3H3,(H,24,26)/b25-13-. The van der Waals surface area contributed by atoms with E-state index in [1.165, 1.54) is 23.7 Å². The van der Waals surface area contributed by atoms with Crippen LogP contribution in [0.4, 0.5) is 11.6 Å². The number of anilines is 1. The molecule has 4 aromatic rings. The van der Waals surface area contributed by atoms with Gasteiger partial charge in [0.15, 0.2) is 11.2 Å². The van der Waals surface area contributed by atoms with Crippen LogP contribution >= 0.6 is 11.6 Å². The Balaban J connectivity index is 1.80. The van der Waals surface area contributed by atoms with Gasteiger partial charge in [0.25, 0.3) is 11.2 Å². The molecule has 1 N–H and O–H groups in total. The van der Waals surface area contributed by atoms with Crippen LogP contribution in [0.1, 0.15) is 18.1 Å². The average Bonchev–Trinajstić information content (AvgIpc) is 3.19.